The lowest BCUT2D eigenvalue weighted by molar-refractivity contribution is 0.0687. The van der Waals surface area contributed by atoms with Crippen LogP contribution in [0.2, 0.25) is 5.02 Å². The molecule has 0 aliphatic heterocycles. The second-order valence-corrected chi connectivity index (χ2v) is 4.86. The van der Waals surface area contributed by atoms with Crippen molar-refractivity contribution in [3.05, 3.63) is 71.4 Å². The molecule has 2 aromatic carbocycles. The van der Waals surface area contributed by atoms with Crippen molar-refractivity contribution >= 4 is 17.6 Å². The first kappa shape index (κ1) is 13.4. The Labute approximate surface area is 126 Å². The topological polar surface area (TPSA) is 55.1 Å². The first-order chi connectivity index (χ1) is 10.2. The molecule has 0 spiro atoms. The van der Waals surface area contributed by atoms with Crippen molar-refractivity contribution in [3.8, 4) is 16.9 Å². The van der Waals surface area contributed by atoms with Gasteiger partial charge in [-0.25, -0.2) is 9.48 Å². The summed E-state index contributed by atoms with van der Waals surface area (Å²) in [6, 6.07) is 18.0. The molecule has 0 saturated heterocycles. The molecule has 0 unspecified atom stereocenters. The minimum absolute atomic E-state index is 0.0713. The highest BCUT2D eigenvalue weighted by Gasteiger charge is 2.17. The molecular weight excluding hydrogens is 288 g/mol. The number of halogens is 1. The van der Waals surface area contributed by atoms with Crippen LogP contribution in [0.25, 0.3) is 16.9 Å². The van der Waals surface area contributed by atoms with Crippen LogP contribution in [0, 0.1) is 0 Å². The third kappa shape index (κ3) is 2.53. The van der Waals surface area contributed by atoms with E-state index in [1.165, 1.54) is 4.68 Å². The Bertz CT molecular complexity index is 797. The summed E-state index contributed by atoms with van der Waals surface area (Å²) in [7, 11) is 0. The van der Waals surface area contributed by atoms with Crippen molar-refractivity contribution < 1.29 is 9.90 Å². The summed E-state index contributed by atoms with van der Waals surface area (Å²) in [5.74, 6) is -1.05. The van der Waals surface area contributed by atoms with Crippen LogP contribution in [0.5, 0.6) is 0 Å². The Morgan fingerprint density at radius 3 is 2.38 bits per heavy atom. The van der Waals surface area contributed by atoms with E-state index >= 15 is 0 Å². The fourth-order valence-corrected chi connectivity index (χ4v) is 2.31. The fourth-order valence-electron chi connectivity index (χ4n) is 2.09. The predicted octanol–water partition coefficient (Wildman–Crippen LogP) is 3.89. The van der Waals surface area contributed by atoms with Gasteiger partial charge in [-0.15, -0.1) is 0 Å². The molecule has 1 N–H and O–H groups in total. The van der Waals surface area contributed by atoms with E-state index in [9.17, 15) is 9.90 Å². The molecule has 21 heavy (non-hydrogen) atoms. The van der Waals surface area contributed by atoms with E-state index in [0.29, 0.717) is 16.4 Å². The van der Waals surface area contributed by atoms with E-state index in [0.717, 1.165) is 5.56 Å². The molecule has 3 rings (SSSR count). The van der Waals surface area contributed by atoms with Gasteiger partial charge in [-0.1, -0.05) is 54.1 Å². The van der Waals surface area contributed by atoms with E-state index in [4.69, 9.17) is 11.6 Å². The largest absolute Gasteiger partial charge is 0.477 e. The summed E-state index contributed by atoms with van der Waals surface area (Å²) in [6.45, 7) is 0. The van der Waals surface area contributed by atoms with Crippen LogP contribution in [0.1, 0.15) is 10.5 Å². The third-order valence-electron chi connectivity index (χ3n) is 3.08. The van der Waals surface area contributed by atoms with Gasteiger partial charge >= 0.3 is 5.97 Å². The van der Waals surface area contributed by atoms with Crippen molar-refractivity contribution in [2.45, 2.75) is 0 Å². The quantitative estimate of drug-likeness (QED) is 0.798. The van der Waals surface area contributed by atoms with Crippen molar-refractivity contribution in [1.82, 2.24) is 9.78 Å². The van der Waals surface area contributed by atoms with Gasteiger partial charge in [0.25, 0.3) is 0 Å². The molecule has 4 nitrogen and oxygen atoms in total. The summed E-state index contributed by atoms with van der Waals surface area (Å²) in [5.41, 5.74) is 2.06. The first-order valence-electron chi connectivity index (χ1n) is 6.30. The highest BCUT2D eigenvalue weighted by atomic mass is 35.5. The highest BCUT2D eigenvalue weighted by molar-refractivity contribution is 6.32. The molecule has 0 fully saturated rings. The smallest absolute Gasteiger partial charge is 0.354 e. The van der Waals surface area contributed by atoms with Crippen LogP contribution < -0.4 is 0 Å². The molecular formula is C16H11ClN2O2. The Kier molecular flexibility index (Phi) is 3.46. The molecule has 104 valence electrons. The molecule has 0 bridgehead atoms. The molecule has 1 aromatic heterocycles. The Morgan fingerprint density at radius 2 is 1.71 bits per heavy atom. The SMILES string of the molecule is O=C(O)c1cc(-c2ccccc2)nn1-c1ccccc1Cl. The van der Waals surface area contributed by atoms with E-state index in [-0.39, 0.29) is 5.69 Å². The van der Waals surface area contributed by atoms with Crippen molar-refractivity contribution in [2.24, 2.45) is 0 Å². The van der Waals surface area contributed by atoms with Gasteiger partial charge in [-0.2, -0.15) is 5.10 Å². The van der Waals surface area contributed by atoms with Crippen LogP contribution >= 0.6 is 11.6 Å². The Balaban J connectivity index is 2.19. The van der Waals surface area contributed by atoms with Gasteiger partial charge in [0.15, 0.2) is 5.69 Å². The van der Waals surface area contributed by atoms with E-state index in [1.807, 2.05) is 30.3 Å². The number of rotatable bonds is 3. The average molecular weight is 299 g/mol. The van der Waals surface area contributed by atoms with Crippen LogP contribution in [0.3, 0.4) is 0 Å². The Hall–Kier alpha value is -2.59. The van der Waals surface area contributed by atoms with E-state index < -0.39 is 5.97 Å². The molecule has 0 aliphatic rings. The standard InChI is InChI=1S/C16H11ClN2O2/c17-12-8-4-5-9-14(12)19-15(16(20)21)10-13(18-19)11-6-2-1-3-7-11/h1-10H,(H,20,21). The summed E-state index contributed by atoms with van der Waals surface area (Å²) >= 11 is 6.14. The number of hydrogen-bond acceptors (Lipinski definition) is 2. The normalized spacial score (nSPS) is 10.5. The zero-order valence-electron chi connectivity index (χ0n) is 10.9. The first-order valence-corrected chi connectivity index (χ1v) is 6.68. The van der Waals surface area contributed by atoms with Gasteiger partial charge in [0.05, 0.1) is 16.4 Å². The second-order valence-electron chi connectivity index (χ2n) is 4.45. The van der Waals surface area contributed by atoms with Gasteiger partial charge < -0.3 is 5.11 Å². The van der Waals surface area contributed by atoms with Crippen molar-refractivity contribution in [2.75, 3.05) is 0 Å². The number of aromatic nitrogens is 2. The highest BCUT2D eigenvalue weighted by Crippen LogP contribution is 2.25. The van der Waals surface area contributed by atoms with Crippen LogP contribution in [0.15, 0.2) is 60.7 Å². The van der Waals surface area contributed by atoms with Crippen molar-refractivity contribution in [3.63, 3.8) is 0 Å². The number of nitrogens with zero attached hydrogens (tertiary/aromatic N) is 2. The molecule has 3 aromatic rings. The number of aromatic carboxylic acids is 1. The number of carboxylic acids is 1. The van der Waals surface area contributed by atoms with E-state index in [2.05, 4.69) is 5.10 Å². The van der Waals surface area contributed by atoms with Gasteiger partial charge in [0.1, 0.15) is 0 Å². The van der Waals surface area contributed by atoms with Crippen LogP contribution in [-0.2, 0) is 0 Å². The maximum Gasteiger partial charge on any atom is 0.354 e. The summed E-state index contributed by atoms with van der Waals surface area (Å²) in [6.07, 6.45) is 0. The van der Waals surface area contributed by atoms with Gasteiger partial charge in [-0.05, 0) is 18.2 Å². The predicted molar refractivity (Wildman–Crippen MR) is 81.0 cm³/mol. The number of carboxylic acid groups (broad SMARTS) is 1. The van der Waals surface area contributed by atoms with Crippen LogP contribution in [-0.4, -0.2) is 20.9 Å². The zero-order valence-corrected chi connectivity index (χ0v) is 11.7. The minimum Gasteiger partial charge on any atom is -0.477 e. The molecule has 5 heteroatoms. The monoisotopic (exact) mass is 298 g/mol. The minimum atomic E-state index is -1.05. The second kappa shape index (κ2) is 5.42. The molecule has 0 radical (unpaired) electrons. The van der Waals surface area contributed by atoms with Gasteiger partial charge in [0.2, 0.25) is 0 Å². The summed E-state index contributed by atoms with van der Waals surface area (Å²) < 4.78 is 1.35. The number of benzene rings is 2. The summed E-state index contributed by atoms with van der Waals surface area (Å²) in [5, 5.41) is 14.2. The lowest BCUT2D eigenvalue weighted by Gasteiger charge is -2.06. The van der Waals surface area contributed by atoms with E-state index in [1.54, 1.807) is 30.3 Å². The summed E-state index contributed by atoms with van der Waals surface area (Å²) in [4.78, 5) is 11.4. The maximum atomic E-state index is 11.4. The fraction of sp³-hybridized carbons (Fsp3) is 0. The molecule has 0 saturated carbocycles. The lowest BCUT2D eigenvalue weighted by atomic mass is 10.1. The third-order valence-corrected chi connectivity index (χ3v) is 3.40. The number of hydrogen-bond donors (Lipinski definition) is 1. The van der Waals surface area contributed by atoms with Gasteiger partial charge in [-0.3, -0.25) is 0 Å². The molecule has 0 aliphatic carbocycles. The lowest BCUT2D eigenvalue weighted by Crippen LogP contribution is -2.08. The van der Waals surface area contributed by atoms with Crippen LogP contribution in [0.4, 0.5) is 0 Å². The number of carbonyl (C=O) groups is 1. The van der Waals surface area contributed by atoms with Crippen molar-refractivity contribution in [1.29, 1.82) is 0 Å². The molecule has 0 atom stereocenters. The molecule has 1 heterocycles. The van der Waals surface area contributed by atoms with Gasteiger partial charge in [0, 0.05) is 5.56 Å². The number of para-hydroxylation sites is 1. The zero-order chi connectivity index (χ0) is 14.8. The molecule has 0 amide bonds. The maximum absolute atomic E-state index is 11.4. The average Bonchev–Trinajstić information content (AvgIpc) is 2.94. The Morgan fingerprint density at radius 1 is 1.05 bits per heavy atom.